The van der Waals surface area contributed by atoms with E-state index in [2.05, 4.69) is 4.72 Å². The Kier molecular flexibility index (Phi) is 6.16. The molecule has 0 unspecified atom stereocenters. The summed E-state index contributed by atoms with van der Waals surface area (Å²) in [5.41, 5.74) is 0.394. The Balaban J connectivity index is 2.26. The molecule has 0 aliphatic heterocycles. The lowest BCUT2D eigenvalue weighted by Gasteiger charge is -2.19. The SMILES string of the molecule is CCNS(=O)(=O)c1cccc(C(=O)N(C)Cc2c(F)cccc2Cl)c1. The van der Waals surface area contributed by atoms with Gasteiger partial charge in [0.1, 0.15) is 5.82 Å². The third kappa shape index (κ3) is 4.56. The molecule has 8 heteroatoms. The molecule has 2 aromatic rings. The van der Waals surface area contributed by atoms with Crippen LogP contribution in [0.15, 0.2) is 47.4 Å². The van der Waals surface area contributed by atoms with E-state index in [1.54, 1.807) is 13.0 Å². The van der Waals surface area contributed by atoms with E-state index in [0.717, 1.165) is 0 Å². The van der Waals surface area contributed by atoms with Gasteiger partial charge in [-0.3, -0.25) is 4.79 Å². The van der Waals surface area contributed by atoms with E-state index < -0.39 is 21.7 Å². The van der Waals surface area contributed by atoms with E-state index >= 15 is 0 Å². The summed E-state index contributed by atoms with van der Waals surface area (Å²) in [5.74, 6) is -0.941. The van der Waals surface area contributed by atoms with Crippen LogP contribution in [0.2, 0.25) is 5.02 Å². The number of nitrogens with zero attached hydrogens (tertiary/aromatic N) is 1. The number of carbonyl (C=O) groups is 1. The highest BCUT2D eigenvalue weighted by atomic mass is 35.5. The maximum atomic E-state index is 13.9. The van der Waals surface area contributed by atoms with Crippen molar-refractivity contribution < 1.29 is 17.6 Å². The van der Waals surface area contributed by atoms with Gasteiger partial charge in [-0.25, -0.2) is 17.5 Å². The van der Waals surface area contributed by atoms with Crippen molar-refractivity contribution >= 4 is 27.5 Å². The molecule has 0 saturated carbocycles. The van der Waals surface area contributed by atoms with Crippen molar-refractivity contribution in [1.82, 2.24) is 9.62 Å². The normalized spacial score (nSPS) is 11.4. The molecule has 2 aromatic carbocycles. The van der Waals surface area contributed by atoms with Crippen LogP contribution in [0.3, 0.4) is 0 Å². The minimum Gasteiger partial charge on any atom is -0.337 e. The Morgan fingerprint density at radius 1 is 1.24 bits per heavy atom. The van der Waals surface area contributed by atoms with Crippen molar-refractivity contribution in [1.29, 1.82) is 0 Å². The molecule has 0 fully saturated rings. The second-order valence-corrected chi connectivity index (χ2v) is 7.56. The van der Waals surface area contributed by atoms with Crippen LogP contribution in [0.1, 0.15) is 22.8 Å². The average Bonchev–Trinajstić information content (AvgIpc) is 2.57. The van der Waals surface area contributed by atoms with Gasteiger partial charge >= 0.3 is 0 Å². The molecule has 1 N–H and O–H groups in total. The van der Waals surface area contributed by atoms with Gasteiger partial charge in [-0.2, -0.15) is 0 Å². The molecule has 2 rings (SSSR count). The van der Waals surface area contributed by atoms with Gasteiger partial charge in [-0.05, 0) is 30.3 Å². The summed E-state index contributed by atoms with van der Waals surface area (Å²) in [6, 6.07) is 9.99. The monoisotopic (exact) mass is 384 g/mol. The second kappa shape index (κ2) is 7.95. The van der Waals surface area contributed by atoms with Gasteiger partial charge in [0.25, 0.3) is 5.91 Å². The topological polar surface area (TPSA) is 66.5 Å². The summed E-state index contributed by atoms with van der Waals surface area (Å²) in [7, 11) is -2.17. The van der Waals surface area contributed by atoms with Crippen LogP contribution in [0.4, 0.5) is 4.39 Å². The van der Waals surface area contributed by atoms with Crippen LogP contribution < -0.4 is 4.72 Å². The number of hydrogen-bond acceptors (Lipinski definition) is 3. The number of sulfonamides is 1. The first kappa shape index (κ1) is 19.4. The summed E-state index contributed by atoms with van der Waals surface area (Å²) in [6.07, 6.45) is 0. The van der Waals surface area contributed by atoms with E-state index in [4.69, 9.17) is 11.6 Å². The zero-order valence-corrected chi connectivity index (χ0v) is 15.4. The van der Waals surface area contributed by atoms with Gasteiger partial charge in [-0.15, -0.1) is 0 Å². The van der Waals surface area contributed by atoms with Crippen LogP contribution in [0.25, 0.3) is 0 Å². The first-order chi connectivity index (χ1) is 11.8. The van der Waals surface area contributed by atoms with Crippen molar-refractivity contribution in [2.75, 3.05) is 13.6 Å². The van der Waals surface area contributed by atoms with Gasteiger partial charge in [0, 0.05) is 36.3 Å². The van der Waals surface area contributed by atoms with Crippen molar-refractivity contribution in [3.05, 3.63) is 64.4 Å². The van der Waals surface area contributed by atoms with Crippen LogP contribution in [-0.2, 0) is 16.6 Å². The predicted molar refractivity (Wildman–Crippen MR) is 94.5 cm³/mol. The number of nitrogens with one attached hydrogen (secondary N) is 1. The first-order valence-corrected chi connectivity index (χ1v) is 9.40. The molecule has 0 atom stereocenters. The molecule has 0 aliphatic rings. The molecule has 0 heterocycles. The van der Waals surface area contributed by atoms with Gasteiger partial charge < -0.3 is 4.90 Å². The molecule has 0 aromatic heterocycles. The predicted octanol–water partition coefficient (Wildman–Crippen LogP) is 3.05. The third-order valence-electron chi connectivity index (χ3n) is 3.53. The number of carbonyl (C=O) groups excluding carboxylic acids is 1. The van der Waals surface area contributed by atoms with Gasteiger partial charge in [0.15, 0.2) is 0 Å². The summed E-state index contributed by atoms with van der Waals surface area (Å²) in [5, 5.41) is 0.225. The van der Waals surface area contributed by atoms with E-state index in [-0.39, 0.29) is 34.1 Å². The standard InChI is InChI=1S/C17H18ClFN2O3S/c1-3-20-25(23,24)13-7-4-6-12(10-13)17(22)21(2)11-14-15(18)8-5-9-16(14)19/h4-10,20H,3,11H2,1-2H3. The molecular weight excluding hydrogens is 367 g/mol. The molecule has 0 bridgehead atoms. The molecular formula is C17H18ClFN2O3S. The first-order valence-electron chi connectivity index (χ1n) is 7.54. The van der Waals surface area contributed by atoms with Crippen LogP contribution in [-0.4, -0.2) is 32.8 Å². The van der Waals surface area contributed by atoms with Crippen molar-refractivity contribution in [3.63, 3.8) is 0 Å². The number of hydrogen-bond donors (Lipinski definition) is 1. The van der Waals surface area contributed by atoms with E-state index in [1.165, 1.54) is 48.3 Å². The fourth-order valence-corrected chi connectivity index (χ4v) is 3.59. The van der Waals surface area contributed by atoms with E-state index in [9.17, 15) is 17.6 Å². The van der Waals surface area contributed by atoms with Crippen molar-refractivity contribution in [2.45, 2.75) is 18.4 Å². The Morgan fingerprint density at radius 3 is 2.56 bits per heavy atom. The summed E-state index contributed by atoms with van der Waals surface area (Å²) in [6.45, 7) is 1.87. The van der Waals surface area contributed by atoms with Gasteiger partial charge in [-0.1, -0.05) is 30.7 Å². The molecule has 0 saturated heterocycles. The Morgan fingerprint density at radius 2 is 1.92 bits per heavy atom. The minimum atomic E-state index is -3.67. The quantitative estimate of drug-likeness (QED) is 0.832. The summed E-state index contributed by atoms with van der Waals surface area (Å²) < 4.78 is 40.3. The maximum Gasteiger partial charge on any atom is 0.253 e. The zero-order valence-electron chi connectivity index (χ0n) is 13.8. The average molecular weight is 385 g/mol. The highest BCUT2D eigenvalue weighted by Crippen LogP contribution is 2.21. The van der Waals surface area contributed by atoms with Crippen LogP contribution >= 0.6 is 11.6 Å². The number of benzene rings is 2. The van der Waals surface area contributed by atoms with E-state index in [1.807, 2.05) is 0 Å². The molecule has 0 radical (unpaired) electrons. The Labute approximate surface area is 151 Å². The smallest absolute Gasteiger partial charge is 0.253 e. The number of rotatable bonds is 6. The van der Waals surface area contributed by atoms with Crippen molar-refractivity contribution in [2.24, 2.45) is 0 Å². The fraction of sp³-hybridized carbons (Fsp3) is 0.235. The molecule has 0 spiro atoms. The molecule has 1 amide bonds. The lowest BCUT2D eigenvalue weighted by atomic mass is 10.1. The highest BCUT2D eigenvalue weighted by Gasteiger charge is 2.19. The summed E-state index contributed by atoms with van der Waals surface area (Å²) >= 11 is 5.98. The highest BCUT2D eigenvalue weighted by molar-refractivity contribution is 7.89. The second-order valence-electron chi connectivity index (χ2n) is 5.39. The molecule has 25 heavy (non-hydrogen) atoms. The Hall–Kier alpha value is -1.96. The van der Waals surface area contributed by atoms with Gasteiger partial charge in [0.2, 0.25) is 10.0 Å². The zero-order chi connectivity index (χ0) is 18.6. The molecule has 5 nitrogen and oxygen atoms in total. The van der Waals surface area contributed by atoms with Crippen LogP contribution in [0.5, 0.6) is 0 Å². The third-order valence-corrected chi connectivity index (χ3v) is 5.43. The lowest BCUT2D eigenvalue weighted by molar-refractivity contribution is 0.0783. The fourth-order valence-electron chi connectivity index (χ4n) is 2.28. The summed E-state index contributed by atoms with van der Waals surface area (Å²) in [4.78, 5) is 13.8. The molecule has 134 valence electrons. The van der Waals surface area contributed by atoms with Gasteiger partial charge in [0.05, 0.1) is 4.90 Å². The van der Waals surface area contributed by atoms with Crippen molar-refractivity contribution in [3.8, 4) is 0 Å². The Bertz CT molecular complexity index is 867. The number of halogens is 2. The molecule has 0 aliphatic carbocycles. The maximum absolute atomic E-state index is 13.9. The minimum absolute atomic E-state index is 0.00229. The lowest BCUT2D eigenvalue weighted by Crippen LogP contribution is -2.27. The number of amides is 1. The largest absolute Gasteiger partial charge is 0.337 e. The van der Waals surface area contributed by atoms with Crippen LogP contribution in [0, 0.1) is 5.82 Å². The van der Waals surface area contributed by atoms with E-state index in [0.29, 0.717) is 0 Å².